The van der Waals surface area contributed by atoms with Crippen molar-refractivity contribution in [1.82, 2.24) is 5.32 Å². The van der Waals surface area contributed by atoms with E-state index in [1.165, 1.54) is 12.8 Å². The zero-order valence-electron chi connectivity index (χ0n) is 9.65. The van der Waals surface area contributed by atoms with Gasteiger partial charge in [-0.05, 0) is 30.2 Å². The molecule has 80 valence electrons. The molecule has 3 heteroatoms. The van der Waals surface area contributed by atoms with Gasteiger partial charge in [-0.2, -0.15) is 0 Å². The lowest BCUT2D eigenvalue weighted by atomic mass is 9.94. The van der Waals surface area contributed by atoms with E-state index < -0.39 is 0 Å². The molecule has 1 nitrogen and oxygen atoms in total. The average Bonchev–Trinajstić information content (AvgIpc) is 1.79. The van der Waals surface area contributed by atoms with Gasteiger partial charge in [-0.15, -0.1) is 18.5 Å². The lowest BCUT2D eigenvalue weighted by Crippen LogP contribution is -2.35. The van der Waals surface area contributed by atoms with E-state index >= 15 is 0 Å². The summed E-state index contributed by atoms with van der Waals surface area (Å²) in [4.78, 5) is 0. The van der Waals surface area contributed by atoms with Crippen LogP contribution in [-0.2, 0) is 0 Å². The molecule has 1 N–H and O–H groups in total. The molecule has 0 bridgehead atoms. The summed E-state index contributed by atoms with van der Waals surface area (Å²) < 4.78 is 0. The van der Waals surface area contributed by atoms with Crippen molar-refractivity contribution in [3.05, 3.63) is 0 Å². The summed E-state index contributed by atoms with van der Waals surface area (Å²) in [7, 11) is 7.88. The molecule has 0 aliphatic rings. The second-order valence-corrected chi connectivity index (χ2v) is 8.50. The van der Waals surface area contributed by atoms with E-state index in [0.29, 0.717) is 16.4 Å². The van der Waals surface area contributed by atoms with Crippen LogP contribution in [0.25, 0.3) is 0 Å². The minimum atomic E-state index is 0.337. The molecular weight excluding hydrogens is 196 g/mol. The summed E-state index contributed by atoms with van der Waals surface area (Å²) in [6, 6.07) is 0.611. The van der Waals surface area contributed by atoms with E-state index in [-0.39, 0.29) is 0 Å². The first-order chi connectivity index (χ1) is 5.64. The highest BCUT2D eigenvalue weighted by molar-refractivity contribution is 7.19. The molecule has 0 spiro atoms. The first-order valence-electron chi connectivity index (χ1n) is 4.89. The monoisotopic (exact) mass is 221 g/mol. The second-order valence-electron chi connectivity index (χ2n) is 5.37. The van der Waals surface area contributed by atoms with Gasteiger partial charge < -0.3 is 5.32 Å². The Morgan fingerprint density at radius 2 is 1.31 bits per heavy atom. The third-order valence-corrected chi connectivity index (χ3v) is 2.42. The minimum absolute atomic E-state index is 0.337. The molecule has 13 heavy (non-hydrogen) atoms. The van der Waals surface area contributed by atoms with Crippen LogP contribution in [0.1, 0.15) is 40.5 Å². The molecule has 0 fully saturated rings. The maximum absolute atomic E-state index is 3.39. The van der Waals surface area contributed by atoms with Crippen LogP contribution in [0.15, 0.2) is 0 Å². The van der Waals surface area contributed by atoms with Gasteiger partial charge in [0.25, 0.3) is 0 Å². The summed E-state index contributed by atoms with van der Waals surface area (Å²) in [5, 5.41) is 4.06. The van der Waals surface area contributed by atoms with Crippen LogP contribution < -0.4 is 5.32 Å². The summed E-state index contributed by atoms with van der Waals surface area (Å²) in [6.07, 6.45) is 2.40. The van der Waals surface area contributed by atoms with E-state index in [9.17, 15) is 0 Å². The normalized spacial score (nSPS) is 13.8. The Balaban J connectivity index is 4.05. The van der Waals surface area contributed by atoms with Gasteiger partial charge in [-0.3, -0.25) is 0 Å². The molecule has 0 heterocycles. The Morgan fingerprint density at radius 3 is 1.46 bits per heavy atom. The molecule has 0 saturated carbocycles. The number of rotatable bonds is 5. The Kier molecular flexibility index (Phi) is 5.38. The highest BCUT2D eigenvalue weighted by Crippen LogP contribution is 2.29. The third kappa shape index (κ3) is 9.13. The van der Waals surface area contributed by atoms with E-state index in [1.54, 1.807) is 0 Å². The van der Waals surface area contributed by atoms with Crippen LogP contribution in [0.3, 0.4) is 0 Å². The minimum Gasteiger partial charge on any atom is -0.317 e. The predicted molar refractivity (Wildman–Crippen MR) is 69.7 cm³/mol. The molecule has 0 radical (unpaired) electrons. The van der Waals surface area contributed by atoms with Crippen LogP contribution in [-0.4, -0.2) is 23.4 Å². The quantitative estimate of drug-likeness (QED) is 0.704. The zero-order valence-corrected chi connectivity index (χ0v) is 12.0. The molecule has 0 aromatic heterocycles. The van der Waals surface area contributed by atoms with Gasteiger partial charge in [0.1, 0.15) is 0 Å². The summed E-state index contributed by atoms with van der Waals surface area (Å²) >= 11 is 0. The fraction of sp³-hybridized carbons (Fsp3) is 1.00. The maximum Gasteiger partial charge on any atom is 0.00806 e. The van der Waals surface area contributed by atoms with E-state index in [1.807, 2.05) is 0 Å². The SMILES string of the molecule is CNC(CC(C)(C)P)CC(C)(C)P. The number of nitrogens with one attached hydrogen (secondary N) is 1. The zero-order chi connectivity index (χ0) is 10.7. The van der Waals surface area contributed by atoms with Crippen molar-refractivity contribution in [2.75, 3.05) is 7.05 Å². The van der Waals surface area contributed by atoms with Crippen molar-refractivity contribution in [2.45, 2.75) is 56.9 Å². The van der Waals surface area contributed by atoms with Crippen LogP contribution in [0, 0.1) is 0 Å². The van der Waals surface area contributed by atoms with Gasteiger partial charge in [-0.1, -0.05) is 27.7 Å². The smallest absolute Gasteiger partial charge is 0.00806 e. The van der Waals surface area contributed by atoms with Crippen molar-refractivity contribution in [3.63, 3.8) is 0 Å². The van der Waals surface area contributed by atoms with Crippen LogP contribution in [0.4, 0.5) is 0 Å². The molecule has 0 aliphatic heterocycles. The second kappa shape index (κ2) is 5.06. The van der Waals surface area contributed by atoms with Gasteiger partial charge in [0, 0.05) is 6.04 Å². The molecule has 2 atom stereocenters. The van der Waals surface area contributed by atoms with Crippen LogP contribution in [0.5, 0.6) is 0 Å². The van der Waals surface area contributed by atoms with Crippen molar-refractivity contribution in [1.29, 1.82) is 0 Å². The molecule has 0 aromatic rings. The Morgan fingerprint density at radius 1 is 1.00 bits per heavy atom. The molecule has 0 rings (SSSR count). The van der Waals surface area contributed by atoms with Gasteiger partial charge >= 0.3 is 0 Å². The Hall–Kier alpha value is 0.820. The Bertz CT molecular complexity index is 128. The topological polar surface area (TPSA) is 12.0 Å². The predicted octanol–water partition coefficient (Wildman–Crippen LogP) is 2.66. The molecule has 2 unspecified atom stereocenters. The van der Waals surface area contributed by atoms with E-state index in [2.05, 4.69) is 58.5 Å². The number of hydrogen-bond acceptors (Lipinski definition) is 1. The van der Waals surface area contributed by atoms with Crippen molar-refractivity contribution in [2.24, 2.45) is 0 Å². The maximum atomic E-state index is 3.39. The molecule has 0 aliphatic carbocycles. The van der Waals surface area contributed by atoms with Gasteiger partial charge in [0.15, 0.2) is 0 Å². The molecule has 0 amide bonds. The summed E-state index contributed by atoms with van der Waals surface area (Å²) in [6.45, 7) is 9.05. The van der Waals surface area contributed by atoms with E-state index in [0.717, 1.165) is 0 Å². The van der Waals surface area contributed by atoms with Gasteiger partial charge in [0.05, 0.1) is 0 Å². The third-order valence-electron chi connectivity index (χ3n) is 1.95. The van der Waals surface area contributed by atoms with Gasteiger partial charge in [0.2, 0.25) is 0 Å². The lowest BCUT2D eigenvalue weighted by molar-refractivity contribution is 0.410. The Labute approximate surface area is 88.2 Å². The molecule has 0 saturated heterocycles. The molecular formula is C10H25NP2. The van der Waals surface area contributed by atoms with Crippen molar-refractivity contribution >= 4 is 18.5 Å². The van der Waals surface area contributed by atoms with Crippen molar-refractivity contribution in [3.8, 4) is 0 Å². The van der Waals surface area contributed by atoms with Crippen LogP contribution in [0.2, 0.25) is 0 Å². The fourth-order valence-electron chi connectivity index (χ4n) is 1.55. The first-order valence-corrected chi connectivity index (χ1v) is 6.04. The largest absolute Gasteiger partial charge is 0.317 e. The lowest BCUT2D eigenvalue weighted by Gasteiger charge is -2.30. The van der Waals surface area contributed by atoms with E-state index in [4.69, 9.17) is 0 Å². The average molecular weight is 221 g/mol. The van der Waals surface area contributed by atoms with Crippen LogP contribution >= 0.6 is 18.5 Å². The standard InChI is InChI=1S/C10H25NP2/c1-9(2,12)6-8(11-5)7-10(3,4)13/h8,11H,6-7,12-13H2,1-5H3. The fourth-order valence-corrected chi connectivity index (χ4v) is 2.12. The summed E-state index contributed by atoms with van der Waals surface area (Å²) in [5.41, 5.74) is 0. The van der Waals surface area contributed by atoms with Crippen molar-refractivity contribution < 1.29 is 0 Å². The molecule has 0 aromatic carbocycles. The number of hydrogen-bond donors (Lipinski definition) is 1. The highest BCUT2D eigenvalue weighted by Gasteiger charge is 2.22. The first kappa shape index (κ1) is 13.8. The summed E-state index contributed by atoms with van der Waals surface area (Å²) in [5.74, 6) is 0. The highest BCUT2D eigenvalue weighted by atomic mass is 31.0. The van der Waals surface area contributed by atoms with Gasteiger partial charge in [-0.25, -0.2) is 0 Å².